The van der Waals surface area contributed by atoms with Crippen molar-refractivity contribution in [3.63, 3.8) is 0 Å². The van der Waals surface area contributed by atoms with Crippen molar-refractivity contribution in [1.29, 1.82) is 0 Å². The molecule has 2 unspecified atom stereocenters. The number of hydrogen-bond donors (Lipinski definition) is 1. The van der Waals surface area contributed by atoms with Gasteiger partial charge < -0.3 is 5.73 Å². The Bertz CT molecular complexity index is 408. The zero-order valence-corrected chi connectivity index (χ0v) is 9.93. The molecule has 1 aromatic carbocycles. The maximum atomic E-state index is 13.1. The number of nitrogens with two attached hydrogens (primary N) is 1. The van der Waals surface area contributed by atoms with E-state index in [0.717, 1.165) is 5.56 Å². The number of benzene rings is 1. The molecule has 80 valence electrons. The quantitative estimate of drug-likeness (QED) is 0.833. The van der Waals surface area contributed by atoms with E-state index in [-0.39, 0.29) is 11.4 Å². The van der Waals surface area contributed by atoms with E-state index in [0.29, 0.717) is 16.3 Å². The molecule has 1 nitrogen and oxygen atoms in total. The first-order valence-corrected chi connectivity index (χ1v) is 6.17. The Morgan fingerprint density at radius 1 is 1.33 bits per heavy atom. The lowest BCUT2D eigenvalue weighted by Crippen LogP contribution is -2.25. The van der Waals surface area contributed by atoms with Gasteiger partial charge in [0.1, 0.15) is 5.82 Å². The van der Waals surface area contributed by atoms with Crippen LogP contribution in [0.4, 0.5) is 4.39 Å². The van der Waals surface area contributed by atoms with Gasteiger partial charge in [0.25, 0.3) is 0 Å². The van der Waals surface area contributed by atoms with Crippen LogP contribution in [0.15, 0.2) is 22.7 Å². The molecular weight excluding hydrogens is 257 g/mol. The minimum Gasteiger partial charge on any atom is -0.321 e. The highest BCUT2D eigenvalue weighted by Crippen LogP contribution is 2.64. The van der Waals surface area contributed by atoms with Gasteiger partial charge in [-0.1, -0.05) is 12.5 Å². The van der Waals surface area contributed by atoms with E-state index in [1.807, 2.05) is 12.1 Å². The van der Waals surface area contributed by atoms with Gasteiger partial charge in [-0.2, -0.15) is 0 Å². The van der Waals surface area contributed by atoms with Gasteiger partial charge in [0.2, 0.25) is 0 Å². The Morgan fingerprint density at radius 3 is 2.60 bits per heavy atom. The topological polar surface area (TPSA) is 26.0 Å². The molecule has 0 aliphatic heterocycles. The van der Waals surface area contributed by atoms with Gasteiger partial charge in [-0.25, -0.2) is 4.39 Å². The van der Waals surface area contributed by atoms with Crippen molar-refractivity contribution in [1.82, 2.24) is 0 Å². The molecule has 2 N–H and O–H groups in total. The summed E-state index contributed by atoms with van der Waals surface area (Å²) < 4.78 is 13.6. The average molecular weight is 270 g/mol. The Balaban J connectivity index is 1.97. The Morgan fingerprint density at radius 2 is 2.00 bits per heavy atom. The van der Waals surface area contributed by atoms with Crippen molar-refractivity contribution in [3.8, 4) is 0 Å². The summed E-state index contributed by atoms with van der Waals surface area (Å²) >= 11 is 3.22. The van der Waals surface area contributed by atoms with Gasteiger partial charge in [0.05, 0.1) is 4.47 Å². The summed E-state index contributed by atoms with van der Waals surface area (Å²) in [5, 5.41) is 0. The van der Waals surface area contributed by atoms with Crippen LogP contribution in [0.1, 0.15) is 24.8 Å². The molecule has 0 bridgehead atoms. The molecule has 2 aliphatic rings. The van der Waals surface area contributed by atoms with Crippen molar-refractivity contribution in [2.45, 2.75) is 24.8 Å². The van der Waals surface area contributed by atoms with Gasteiger partial charge in [-0.05, 0) is 58.3 Å². The van der Waals surface area contributed by atoms with Crippen LogP contribution >= 0.6 is 15.9 Å². The van der Waals surface area contributed by atoms with Crippen LogP contribution in [0.3, 0.4) is 0 Å². The molecule has 3 heteroatoms. The molecule has 2 atom stereocenters. The maximum absolute atomic E-state index is 13.1. The fourth-order valence-electron chi connectivity index (χ4n) is 3.19. The standard InChI is InChI=1S/C12H13BrFN/c13-10-6-7(4-5-11(10)14)12(15)8-2-1-3-9(8)12/h4-6,8-9H,1-3,15H2. The van der Waals surface area contributed by atoms with E-state index in [2.05, 4.69) is 15.9 Å². The first-order chi connectivity index (χ1) is 7.14. The Kier molecular flexibility index (Phi) is 1.99. The Labute approximate surface area is 97.0 Å². The number of hydrogen-bond acceptors (Lipinski definition) is 1. The summed E-state index contributed by atoms with van der Waals surface area (Å²) in [7, 11) is 0. The number of halogens is 2. The summed E-state index contributed by atoms with van der Waals surface area (Å²) in [5.74, 6) is 1.05. The number of rotatable bonds is 1. The predicted molar refractivity (Wildman–Crippen MR) is 60.8 cm³/mol. The third-order valence-corrected chi connectivity index (χ3v) is 4.66. The lowest BCUT2D eigenvalue weighted by molar-refractivity contribution is 0.524. The maximum Gasteiger partial charge on any atom is 0.137 e. The van der Waals surface area contributed by atoms with Gasteiger partial charge in [0, 0.05) is 5.54 Å². The molecule has 2 fully saturated rings. The summed E-state index contributed by atoms with van der Waals surface area (Å²) in [6, 6.07) is 5.17. The van der Waals surface area contributed by atoms with Gasteiger partial charge in [-0.3, -0.25) is 0 Å². The fourth-order valence-corrected chi connectivity index (χ4v) is 3.57. The highest BCUT2D eigenvalue weighted by atomic mass is 79.9. The normalized spacial score (nSPS) is 37.8. The second kappa shape index (κ2) is 3.05. The fraction of sp³-hybridized carbons (Fsp3) is 0.500. The molecule has 2 aliphatic carbocycles. The number of fused-ring (bicyclic) bond motifs is 1. The summed E-state index contributed by atoms with van der Waals surface area (Å²) in [6.07, 6.45) is 3.77. The van der Waals surface area contributed by atoms with Crippen LogP contribution in [-0.2, 0) is 5.54 Å². The zero-order chi connectivity index (χ0) is 10.6. The van der Waals surface area contributed by atoms with Crippen molar-refractivity contribution in [2.75, 3.05) is 0 Å². The van der Waals surface area contributed by atoms with Gasteiger partial charge >= 0.3 is 0 Å². The van der Waals surface area contributed by atoms with Crippen LogP contribution < -0.4 is 5.73 Å². The smallest absolute Gasteiger partial charge is 0.137 e. The summed E-state index contributed by atoms with van der Waals surface area (Å²) in [6.45, 7) is 0. The molecular formula is C12H13BrFN. The van der Waals surface area contributed by atoms with E-state index < -0.39 is 0 Å². The van der Waals surface area contributed by atoms with Crippen molar-refractivity contribution in [2.24, 2.45) is 17.6 Å². The van der Waals surface area contributed by atoms with E-state index in [1.54, 1.807) is 0 Å². The second-order valence-corrected chi connectivity index (χ2v) is 5.56. The third kappa shape index (κ3) is 1.23. The van der Waals surface area contributed by atoms with Crippen molar-refractivity contribution < 1.29 is 4.39 Å². The molecule has 1 aromatic rings. The lowest BCUT2D eigenvalue weighted by atomic mass is 9.97. The average Bonchev–Trinajstić information content (AvgIpc) is 2.66. The highest BCUT2D eigenvalue weighted by molar-refractivity contribution is 9.10. The van der Waals surface area contributed by atoms with E-state index in [9.17, 15) is 4.39 Å². The van der Waals surface area contributed by atoms with Crippen molar-refractivity contribution >= 4 is 15.9 Å². The van der Waals surface area contributed by atoms with Gasteiger partial charge in [0.15, 0.2) is 0 Å². The third-order valence-electron chi connectivity index (χ3n) is 4.05. The molecule has 0 radical (unpaired) electrons. The van der Waals surface area contributed by atoms with E-state index in [4.69, 9.17) is 5.73 Å². The minimum absolute atomic E-state index is 0.158. The second-order valence-electron chi connectivity index (χ2n) is 4.71. The predicted octanol–water partition coefficient (Wildman–Crippen LogP) is 3.17. The molecule has 3 rings (SSSR count). The first-order valence-electron chi connectivity index (χ1n) is 5.38. The van der Waals surface area contributed by atoms with Crippen LogP contribution in [0.2, 0.25) is 0 Å². The van der Waals surface area contributed by atoms with Crippen LogP contribution in [0.5, 0.6) is 0 Å². The molecule has 0 spiro atoms. The van der Waals surface area contributed by atoms with E-state index >= 15 is 0 Å². The SMILES string of the molecule is NC1(c2ccc(F)c(Br)c2)C2CCCC21. The zero-order valence-electron chi connectivity index (χ0n) is 8.34. The Hall–Kier alpha value is -0.410. The van der Waals surface area contributed by atoms with Crippen LogP contribution in [-0.4, -0.2) is 0 Å². The molecule has 15 heavy (non-hydrogen) atoms. The lowest BCUT2D eigenvalue weighted by Gasteiger charge is -2.16. The van der Waals surface area contributed by atoms with E-state index in [1.165, 1.54) is 25.3 Å². The van der Waals surface area contributed by atoms with Crippen LogP contribution in [0.25, 0.3) is 0 Å². The molecule has 0 amide bonds. The molecule has 0 heterocycles. The van der Waals surface area contributed by atoms with Gasteiger partial charge in [-0.15, -0.1) is 0 Å². The summed E-state index contributed by atoms with van der Waals surface area (Å²) in [5.41, 5.74) is 7.32. The molecule has 2 saturated carbocycles. The molecule has 0 saturated heterocycles. The monoisotopic (exact) mass is 269 g/mol. The minimum atomic E-state index is -0.215. The first kappa shape index (κ1) is 9.79. The largest absolute Gasteiger partial charge is 0.321 e. The summed E-state index contributed by atoms with van der Waals surface area (Å²) in [4.78, 5) is 0. The molecule has 0 aromatic heterocycles. The highest BCUT2D eigenvalue weighted by Gasteiger charge is 2.64. The van der Waals surface area contributed by atoms with Crippen LogP contribution in [0, 0.1) is 17.7 Å². The van der Waals surface area contributed by atoms with Crippen molar-refractivity contribution in [3.05, 3.63) is 34.1 Å².